The van der Waals surface area contributed by atoms with E-state index < -0.39 is 5.63 Å². The average Bonchev–Trinajstić information content (AvgIpc) is 2.46. The van der Waals surface area contributed by atoms with Crippen LogP contribution < -0.4 is 15.7 Å². The first kappa shape index (κ1) is 13.2. The fourth-order valence-corrected chi connectivity index (χ4v) is 2.32. The Morgan fingerprint density at radius 2 is 1.86 bits per heavy atom. The van der Waals surface area contributed by atoms with E-state index in [0.29, 0.717) is 22.4 Å². The van der Waals surface area contributed by atoms with Crippen molar-refractivity contribution in [1.82, 2.24) is 0 Å². The van der Waals surface area contributed by atoms with E-state index in [1.165, 1.54) is 6.92 Å². The molecule has 0 radical (unpaired) electrons. The van der Waals surface area contributed by atoms with Gasteiger partial charge in [0.25, 0.3) is 0 Å². The second-order valence-electron chi connectivity index (χ2n) is 4.69. The zero-order valence-corrected chi connectivity index (χ0v) is 11.6. The number of carbonyl (C=O) groups excluding carboxylic acids is 1. The molecule has 0 unspecified atom stereocenters. The molecule has 1 amide bonds. The largest absolute Gasteiger partial charge is 0.497 e. The van der Waals surface area contributed by atoms with Crippen molar-refractivity contribution in [3.8, 4) is 5.75 Å². The number of nitrogens with one attached hydrogen (secondary N) is 1. The van der Waals surface area contributed by atoms with Gasteiger partial charge in [-0.3, -0.25) is 4.79 Å². The highest BCUT2D eigenvalue weighted by Crippen LogP contribution is 2.27. The third-order valence-corrected chi connectivity index (χ3v) is 3.24. The van der Waals surface area contributed by atoms with Crippen molar-refractivity contribution in [3.05, 3.63) is 46.8 Å². The van der Waals surface area contributed by atoms with Crippen molar-refractivity contribution in [1.29, 1.82) is 0 Å². The Balaban J connectivity index is 2.30. The van der Waals surface area contributed by atoms with Crippen molar-refractivity contribution in [2.45, 2.75) is 6.92 Å². The molecule has 1 heterocycles. The van der Waals surface area contributed by atoms with E-state index in [9.17, 15) is 9.59 Å². The van der Waals surface area contributed by atoms with Gasteiger partial charge in [-0.1, -0.05) is 6.07 Å². The van der Waals surface area contributed by atoms with Crippen LogP contribution in [0, 0.1) is 0 Å². The molecule has 1 aromatic heterocycles. The second kappa shape index (κ2) is 4.94. The minimum Gasteiger partial charge on any atom is -0.497 e. The Kier molecular flexibility index (Phi) is 3.10. The lowest BCUT2D eigenvalue weighted by Gasteiger charge is -2.07. The van der Waals surface area contributed by atoms with Gasteiger partial charge < -0.3 is 14.5 Å². The number of amides is 1. The van der Waals surface area contributed by atoms with Gasteiger partial charge in [-0.2, -0.15) is 0 Å². The van der Waals surface area contributed by atoms with Crippen LogP contribution in [-0.2, 0) is 4.79 Å². The van der Waals surface area contributed by atoms with E-state index in [0.717, 1.165) is 10.8 Å². The molecule has 2 aromatic carbocycles. The van der Waals surface area contributed by atoms with Gasteiger partial charge in [-0.05, 0) is 24.3 Å². The topological polar surface area (TPSA) is 68.5 Å². The summed E-state index contributed by atoms with van der Waals surface area (Å²) in [4.78, 5) is 23.2. The van der Waals surface area contributed by atoms with Crippen LogP contribution in [0.4, 0.5) is 5.69 Å². The highest BCUT2D eigenvalue weighted by Gasteiger charge is 2.09. The van der Waals surface area contributed by atoms with E-state index in [1.807, 2.05) is 12.1 Å². The highest BCUT2D eigenvalue weighted by atomic mass is 16.5. The molecule has 0 bridgehead atoms. The van der Waals surface area contributed by atoms with Crippen LogP contribution in [0.3, 0.4) is 0 Å². The highest BCUT2D eigenvalue weighted by molar-refractivity contribution is 6.06. The molecule has 3 rings (SSSR count). The number of anilines is 1. The lowest BCUT2D eigenvalue weighted by molar-refractivity contribution is -0.114. The van der Waals surface area contributed by atoms with Gasteiger partial charge in [0.2, 0.25) is 5.91 Å². The number of fused-ring (bicyclic) bond motifs is 3. The van der Waals surface area contributed by atoms with Gasteiger partial charge in [0.05, 0.1) is 12.5 Å². The molecule has 5 nitrogen and oxygen atoms in total. The van der Waals surface area contributed by atoms with Crippen LogP contribution in [0.25, 0.3) is 21.7 Å². The maximum absolute atomic E-state index is 12.1. The molecule has 0 spiro atoms. The summed E-state index contributed by atoms with van der Waals surface area (Å²) in [5, 5.41) is 4.68. The Morgan fingerprint density at radius 3 is 2.57 bits per heavy atom. The molecular formula is C16H13NO4. The monoisotopic (exact) mass is 283 g/mol. The maximum Gasteiger partial charge on any atom is 0.344 e. The molecule has 0 saturated carbocycles. The summed E-state index contributed by atoms with van der Waals surface area (Å²) in [6.07, 6.45) is 0. The van der Waals surface area contributed by atoms with Crippen LogP contribution in [0.5, 0.6) is 5.75 Å². The maximum atomic E-state index is 12.1. The first-order chi connectivity index (χ1) is 10.1. The number of rotatable bonds is 2. The molecule has 0 aliphatic rings. The number of hydrogen-bond acceptors (Lipinski definition) is 4. The second-order valence-corrected chi connectivity index (χ2v) is 4.69. The summed E-state index contributed by atoms with van der Waals surface area (Å²) >= 11 is 0. The van der Waals surface area contributed by atoms with Crippen LogP contribution in [0.15, 0.2) is 45.6 Å². The molecule has 1 N–H and O–H groups in total. The minimum absolute atomic E-state index is 0.190. The van der Waals surface area contributed by atoms with Crippen molar-refractivity contribution in [2.75, 3.05) is 12.4 Å². The first-order valence-corrected chi connectivity index (χ1v) is 6.40. The van der Waals surface area contributed by atoms with Gasteiger partial charge in [0.15, 0.2) is 0 Å². The lowest BCUT2D eigenvalue weighted by Crippen LogP contribution is -2.07. The SMILES string of the molecule is COc1ccc2c(c1)oc(=O)c1cc(NC(C)=O)ccc12. The molecule has 0 aliphatic carbocycles. The van der Waals surface area contributed by atoms with Gasteiger partial charge >= 0.3 is 5.63 Å². The van der Waals surface area contributed by atoms with Crippen LogP contribution >= 0.6 is 0 Å². The number of carbonyl (C=O) groups is 1. The smallest absolute Gasteiger partial charge is 0.344 e. The fourth-order valence-electron chi connectivity index (χ4n) is 2.32. The Hall–Kier alpha value is -2.82. The van der Waals surface area contributed by atoms with Crippen molar-refractivity contribution < 1.29 is 13.9 Å². The van der Waals surface area contributed by atoms with Gasteiger partial charge in [-0.15, -0.1) is 0 Å². The standard InChI is InChI=1S/C16H13NO4/c1-9(18)17-10-3-5-12-13-6-4-11(20-2)8-15(13)21-16(19)14(12)7-10/h3-8H,1-2H3,(H,17,18). The summed E-state index contributed by atoms with van der Waals surface area (Å²) in [6.45, 7) is 1.42. The van der Waals surface area contributed by atoms with E-state index in [2.05, 4.69) is 5.32 Å². The molecule has 0 saturated heterocycles. The summed E-state index contributed by atoms with van der Waals surface area (Å²) in [7, 11) is 1.56. The van der Waals surface area contributed by atoms with E-state index in [1.54, 1.807) is 31.4 Å². The predicted octanol–water partition coefficient (Wildman–Crippen LogP) is 2.91. The lowest BCUT2D eigenvalue weighted by atomic mass is 10.1. The van der Waals surface area contributed by atoms with Gasteiger partial charge in [0, 0.05) is 29.4 Å². The number of ether oxygens (including phenoxy) is 1. The molecule has 21 heavy (non-hydrogen) atoms. The molecular weight excluding hydrogens is 270 g/mol. The summed E-state index contributed by atoms with van der Waals surface area (Å²) in [5.74, 6) is 0.434. The van der Waals surface area contributed by atoms with Crippen molar-refractivity contribution >= 4 is 33.3 Å². The molecule has 0 aliphatic heterocycles. The van der Waals surface area contributed by atoms with Crippen LogP contribution in [-0.4, -0.2) is 13.0 Å². The minimum atomic E-state index is -0.446. The Morgan fingerprint density at radius 1 is 1.10 bits per heavy atom. The van der Waals surface area contributed by atoms with Gasteiger partial charge in [-0.25, -0.2) is 4.79 Å². The van der Waals surface area contributed by atoms with E-state index in [4.69, 9.17) is 9.15 Å². The van der Waals surface area contributed by atoms with Crippen LogP contribution in [0.2, 0.25) is 0 Å². The zero-order valence-electron chi connectivity index (χ0n) is 11.6. The van der Waals surface area contributed by atoms with Crippen molar-refractivity contribution in [2.24, 2.45) is 0 Å². The molecule has 0 fully saturated rings. The Bertz CT molecular complexity index is 911. The molecule has 5 heteroatoms. The average molecular weight is 283 g/mol. The summed E-state index contributed by atoms with van der Waals surface area (Å²) in [6, 6.07) is 10.5. The summed E-state index contributed by atoms with van der Waals surface area (Å²) < 4.78 is 10.5. The first-order valence-electron chi connectivity index (χ1n) is 6.40. The Labute approximate surface area is 120 Å². The quantitative estimate of drug-likeness (QED) is 0.580. The number of benzene rings is 2. The normalized spacial score (nSPS) is 10.8. The van der Waals surface area contributed by atoms with E-state index >= 15 is 0 Å². The number of methoxy groups -OCH3 is 1. The zero-order chi connectivity index (χ0) is 15.0. The van der Waals surface area contributed by atoms with Crippen molar-refractivity contribution in [3.63, 3.8) is 0 Å². The number of hydrogen-bond donors (Lipinski definition) is 1. The molecule has 106 valence electrons. The third kappa shape index (κ3) is 2.33. The molecule has 3 aromatic rings. The summed E-state index contributed by atoms with van der Waals surface area (Å²) in [5.41, 5.74) is 0.590. The van der Waals surface area contributed by atoms with E-state index in [-0.39, 0.29) is 5.91 Å². The van der Waals surface area contributed by atoms with Crippen LogP contribution in [0.1, 0.15) is 6.92 Å². The fraction of sp³-hybridized carbons (Fsp3) is 0.125. The predicted molar refractivity (Wildman–Crippen MR) is 80.8 cm³/mol. The molecule has 0 atom stereocenters. The van der Waals surface area contributed by atoms with Gasteiger partial charge in [0.1, 0.15) is 11.3 Å². The third-order valence-electron chi connectivity index (χ3n) is 3.24.